The lowest BCUT2D eigenvalue weighted by atomic mass is 9.81. The van der Waals surface area contributed by atoms with E-state index in [0.29, 0.717) is 13.1 Å². The average Bonchev–Trinajstić information content (AvgIpc) is 2.95. The number of carbonyl (C=O) groups excluding carboxylic acids is 2. The number of para-hydroxylation sites is 1. The first kappa shape index (κ1) is 17.6. The Labute approximate surface area is 160 Å². The Balaban J connectivity index is 1.42. The number of nitrogens with one attached hydrogen (secondary N) is 1. The van der Waals surface area contributed by atoms with Crippen molar-refractivity contribution in [1.29, 1.82) is 0 Å². The molecule has 2 aliphatic rings. The lowest BCUT2D eigenvalue weighted by Gasteiger charge is -2.43. The van der Waals surface area contributed by atoms with Crippen LogP contribution in [0.25, 0.3) is 0 Å². The van der Waals surface area contributed by atoms with Gasteiger partial charge in [0.25, 0.3) is 0 Å². The van der Waals surface area contributed by atoms with Crippen LogP contribution >= 0.6 is 0 Å². The highest BCUT2D eigenvalue weighted by Crippen LogP contribution is 2.44. The number of anilines is 1. The van der Waals surface area contributed by atoms with E-state index in [1.165, 1.54) is 0 Å². The zero-order valence-electron chi connectivity index (χ0n) is 15.6. The van der Waals surface area contributed by atoms with Crippen LogP contribution in [0.5, 0.6) is 0 Å². The minimum atomic E-state index is -0.138. The van der Waals surface area contributed by atoms with Gasteiger partial charge in [-0.05, 0) is 37.0 Å². The molecule has 0 unspecified atom stereocenters. The Morgan fingerprint density at radius 3 is 2.22 bits per heavy atom. The maximum absolute atomic E-state index is 12.9. The molecule has 1 spiro atoms. The molecule has 5 heteroatoms. The van der Waals surface area contributed by atoms with Crippen molar-refractivity contribution < 1.29 is 9.59 Å². The number of likely N-dealkylation sites (tertiary alicyclic amines) is 2. The van der Waals surface area contributed by atoms with Gasteiger partial charge in [0.05, 0.1) is 5.92 Å². The summed E-state index contributed by atoms with van der Waals surface area (Å²) >= 11 is 0. The fourth-order valence-electron chi connectivity index (χ4n) is 4.41. The second-order valence-electron chi connectivity index (χ2n) is 7.57. The van der Waals surface area contributed by atoms with Crippen LogP contribution in [0.1, 0.15) is 30.7 Å². The van der Waals surface area contributed by atoms with E-state index in [4.69, 9.17) is 0 Å². The quantitative estimate of drug-likeness (QED) is 0.884. The molecule has 5 nitrogen and oxygen atoms in total. The molecule has 2 saturated heterocycles. The predicted octanol–water partition coefficient (Wildman–Crippen LogP) is 3.70. The van der Waals surface area contributed by atoms with Crippen LogP contribution in [0.4, 0.5) is 10.5 Å². The molecule has 4 rings (SSSR count). The highest BCUT2D eigenvalue weighted by molar-refractivity contribution is 5.90. The van der Waals surface area contributed by atoms with Crippen LogP contribution in [-0.2, 0) is 4.79 Å². The number of nitrogens with zero attached hydrogens (tertiary/aromatic N) is 2. The number of amides is 3. The van der Waals surface area contributed by atoms with Gasteiger partial charge in [-0.15, -0.1) is 0 Å². The second kappa shape index (κ2) is 7.06. The summed E-state index contributed by atoms with van der Waals surface area (Å²) in [6, 6.07) is 19.5. The summed E-state index contributed by atoms with van der Waals surface area (Å²) in [6.07, 6.45) is 2.47. The van der Waals surface area contributed by atoms with Crippen LogP contribution in [-0.4, -0.2) is 47.4 Å². The molecular formula is C22H25N3O2. The number of benzene rings is 2. The first-order valence-electron chi connectivity index (χ1n) is 9.53. The minimum Gasteiger partial charge on any atom is -0.339 e. The van der Waals surface area contributed by atoms with Crippen molar-refractivity contribution in [3.63, 3.8) is 0 Å². The molecule has 2 aromatic carbocycles. The van der Waals surface area contributed by atoms with Gasteiger partial charge in [-0.3, -0.25) is 4.79 Å². The largest absolute Gasteiger partial charge is 0.339 e. The normalized spacial score (nSPS) is 21.5. The Morgan fingerprint density at radius 2 is 1.59 bits per heavy atom. The van der Waals surface area contributed by atoms with Gasteiger partial charge in [-0.1, -0.05) is 48.5 Å². The smallest absolute Gasteiger partial charge is 0.321 e. The Morgan fingerprint density at radius 1 is 1.00 bits per heavy atom. The fourth-order valence-corrected chi connectivity index (χ4v) is 4.41. The molecule has 0 aromatic heterocycles. The van der Waals surface area contributed by atoms with Gasteiger partial charge in [0, 0.05) is 31.4 Å². The number of carbonyl (C=O) groups is 2. The van der Waals surface area contributed by atoms with E-state index in [2.05, 4.69) is 5.32 Å². The van der Waals surface area contributed by atoms with Crippen molar-refractivity contribution in [3.05, 3.63) is 66.2 Å². The van der Waals surface area contributed by atoms with E-state index in [1.807, 2.05) is 77.5 Å². The van der Waals surface area contributed by atoms with E-state index in [9.17, 15) is 9.59 Å². The van der Waals surface area contributed by atoms with Crippen LogP contribution in [0.2, 0.25) is 0 Å². The maximum Gasteiger partial charge on any atom is 0.321 e. The van der Waals surface area contributed by atoms with Gasteiger partial charge in [0.1, 0.15) is 0 Å². The monoisotopic (exact) mass is 363 g/mol. The van der Waals surface area contributed by atoms with Crippen molar-refractivity contribution in [2.45, 2.75) is 30.7 Å². The van der Waals surface area contributed by atoms with Crippen LogP contribution in [0.3, 0.4) is 0 Å². The Kier molecular flexibility index (Phi) is 4.60. The van der Waals surface area contributed by atoms with E-state index >= 15 is 0 Å². The molecular weight excluding hydrogens is 338 g/mol. The van der Waals surface area contributed by atoms with E-state index in [1.54, 1.807) is 0 Å². The third-order valence-electron chi connectivity index (χ3n) is 6.13. The zero-order valence-corrected chi connectivity index (χ0v) is 15.6. The molecule has 27 heavy (non-hydrogen) atoms. The first-order chi connectivity index (χ1) is 13.1. The predicted molar refractivity (Wildman–Crippen MR) is 106 cm³/mol. The van der Waals surface area contributed by atoms with Crippen LogP contribution in [0, 0.1) is 0 Å². The summed E-state index contributed by atoms with van der Waals surface area (Å²) in [5.41, 5.74) is 1.76. The highest BCUT2D eigenvalue weighted by Gasteiger charge is 2.50. The van der Waals surface area contributed by atoms with Gasteiger partial charge in [-0.25, -0.2) is 4.79 Å². The number of likely N-dealkylation sites (N-methyl/N-ethyl adjacent to an activating group) is 1. The summed E-state index contributed by atoms with van der Waals surface area (Å²) in [5.74, 6) is 0.129. The van der Waals surface area contributed by atoms with Gasteiger partial charge in [0.15, 0.2) is 0 Å². The summed E-state index contributed by atoms with van der Waals surface area (Å²) in [7, 11) is 1.92. The van der Waals surface area contributed by atoms with Crippen LogP contribution < -0.4 is 5.32 Å². The molecule has 2 fully saturated rings. The van der Waals surface area contributed by atoms with Gasteiger partial charge in [-0.2, -0.15) is 0 Å². The van der Waals surface area contributed by atoms with Crippen molar-refractivity contribution in [1.82, 2.24) is 9.80 Å². The standard InChI is InChI=1S/C22H25N3O2/c1-24-20(26)19(17-8-4-2-5-9-17)16-22(24)12-14-25(15-13-22)21(27)23-18-10-6-3-7-11-18/h2-11,19H,12-16H2,1H3,(H,23,27)/t19-/m0/s1. The highest BCUT2D eigenvalue weighted by atomic mass is 16.2. The number of rotatable bonds is 2. The molecule has 2 heterocycles. The zero-order chi connectivity index (χ0) is 18.9. The summed E-state index contributed by atoms with van der Waals surface area (Å²) in [4.78, 5) is 29.2. The lowest BCUT2D eigenvalue weighted by Crippen LogP contribution is -2.53. The lowest BCUT2D eigenvalue weighted by molar-refractivity contribution is -0.131. The molecule has 0 radical (unpaired) electrons. The molecule has 0 bridgehead atoms. The van der Waals surface area contributed by atoms with Crippen molar-refractivity contribution in [2.24, 2.45) is 0 Å². The molecule has 140 valence electrons. The fraction of sp³-hybridized carbons (Fsp3) is 0.364. The molecule has 2 aromatic rings. The first-order valence-corrected chi connectivity index (χ1v) is 9.53. The molecule has 1 atom stereocenters. The molecule has 0 saturated carbocycles. The van der Waals surface area contributed by atoms with Crippen LogP contribution in [0.15, 0.2) is 60.7 Å². The van der Waals surface area contributed by atoms with Crippen molar-refractivity contribution in [2.75, 3.05) is 25.5 Å². The van der Waals surface area contributed by atoms with E-state index < -0.39 is 0 Å². The van der Waals surface area contributed by atoms with Gasteiger partial charge >= 0.3 is 6.03 Å². The third kappa shape index (κ3) is 3.29. The Hall–Kier alpha value is -2.82. The van der Waals surface area contributed by atoms with Gasteiger partial charge in [0.2, 0.25) is 5.91 Å². The minimum absolute atomic E-state index is 0.0670. The van der Waals surface area contributed by atoms with E-state index in [-0.39, 0.29) is 23.4 Å². The molecule has 1 N–H and O–H groups in total. The number of piperidine rings is 1. The maximum atomic E-state index is 12.9. The molecule has 2 aliphatic heterocycles. The third-order valence-corrected chi connectivity index (χ3v) is 6.13. The number of hydrogen-bond donors (Lipinski definition) is 1. The van der Waals surface area contributed by atoms with Crippen molar-refractivity contribution in [3.8, 4) is 0 Å². The molecule has 3 amide bonds. The average molecular weight is 363 g/mol. The summed E-state index contributed by atoms with van der Waals surface area (Å²) < 4.78 is 0. The number of urea groups is 1. The molecule has 0 aliphatic carbocycles. The second-order valence-corrected chi connectivity index (χ2v) is 7.57. The van der Waals surface area contributed by atoms with E-state index in [0.717, 1.165) is 30.5 Å². The number of hydrogen-bond acceptors (Lipinski definition) is 2. The van der Waals surface area contributed by atoms with Crippen molar-refractivity contribution >= 4 is 17.6 Å². The SMILES string of the molecule is CN1C(=O)[C@H](c2ccccc2)CC12CCN(C(=O)Nc1ccccc1)CC2. The Bertz CT molecular complexity index is 814. The summed E-state index contributed by atoms with van der Waals surface area (Å²) in [6.45, 7) is 1.33. The van der Waals surface area contributed by atoms with Gasteiger partial charge < -0.3 is 15.1 Å². The summed E-state index contributed by atoms with van der Waals surface area (Å²) in [5, 5.41) is 2.95. The topological polar surface area (TPSA) is 52.7 Å².